The Kier molecular flexibility index (Phi) is 6.61. The Morgan fingerprint density at radius 3 is 1.85 bits per heavy atom. The summed E-state index contributed by atoms with van der Waals surface area (Å²) in [5, 5.41) is 5.57. The van der Waals surface area contributed by atoms with E-state index in [0.717, 1.165) is 42.0 Å². The Balaban J connectivity index is 1.19. The number of ether oxygens (including phenoxy) is 2. The maximum absolute atomic E-state index is 13.8. The Labute approximate surface area is 252 Å². The van der Waals surface area contributed by atoms with Crippen LogP contribution in [0.1, 0.15) is 52.1 Å². The molecule has 0 spiro atoms. The lowest BCUT2D eigenvalue weighted by atomic mass is 9.55. The summed E-state index contributed by atoms with van der Waals surface area (Å²) in [6.07, 6.45) is 1.57. The molecule has 2 amide bonds. The van der Waals surface area contributed by atoms with Gasteiger partial charge in [0.1, 0.15) is 6.61 Å². The van der Waals surface area contributed by atoms with Gasteiger partial charge in [0.15, 0.2) is 11.5 Å². The minimum absolute atomic E-state index is 0.152. The molecule has 1 saturated heterocycles. The van der Waals surface area contributed by atoms with Crippen LogP contribution in [0, 0.1) is 15.4 Å². The molecule has 0 N–H and O–H groups in total. The SMILES string of the molecule is CCOc1cc(/C=N\N2C(=O)[C@H]3C4c5ccccc5C(c5ccccc54)[C@@H]3C2=O)cc(I)c1OCc1ccccc1. The molecule has 8 rings (SSSR count). The molecule has 0 unspecified atom stereocenters. The zero-order valence-electron chi connectivity index (χ0n) is 22.4. The average molecular weight is 655 g/mol. The molecule has 6 nitrogen and oxygen atoms in total. The third-order valence-electron chi connectivity index (χ3n) is 8.31. The van der Waals surface area contributed by atoms with Crippen LogP contribution in [0.15, 0.2) is 96.1 Å². The summed E-state index contributed by atoms with van der Waals surface area (Å²) in [5.41, 5.74) is 6.35. The number of hydrogen-bond acceptors (Lipinski definition) is 5. The number of benzene rings is 4. The fourth-order valence-corrected chi connectivity index (χ4v) is 7.48. The van der Waals surface area contributed by atoms with Gasteiger partial charge in [0.25, 0.3) is 11.8 Å². The highest BCUT2D eigenvalue weighted by Gasteiger charge is 2.61. The van der Waals surface area contributed by atoms with Crippen molar-refractivity contribution in [3.63, 3.8) is 0 Å². The summed E-state index contributed by atoms with van der Waals surface area (Å²) >= 11 is 2.22. The van der Waals surface area contributed by atoms with Gasteiger partial charge in [-0.05, 0) is 75.0 Å². The Bertz CT molecular complexity index is 1590. The van der Waals surface area contributed by atoms with Gasteiger partial charge in [0.05, 0.1) is 28.2 Å². The van der Waals surface area contributed by atoms with E-state index in [0.29, 0.717) is 24.7 Å². The average Bonchev–Trinajstić information content (AvgIpc) is 3.25. The van der Waals surface area contributed by atoms with Gasteiger partial charge in [-0.25, -0.2) is 0 Å². The van der Waals surface area contributed by atoms with E-state index >= 15 is 0 Å². The number of nitrogens with zero attached hydrogens (tertiary/aromatic N) is 2. The maximum atomic E-state index is 13.8. The van der Waals surface area contributed by atoms with Crippen molar-refractivity contribution in [1.29, 1.82) is 0 Å². The molecular weight excluding hydrogens is 627 g/mol. The highest BCUT2D eigenvalue weighted by atomic mass is 127. The fraction of sp³-hybridized carbons (Fsp3) is 0.206. The van der Waals surface area contributed by atoms with Crippen LogP contribution < -0.4 is 9.47 Å². The second kappa shape index (κ2) is 10.4. The molecular formula is C34H27IN2O4. The monoisotopic (exact) mass is 654 g/mol. The number of carbonyl (C=O) groups excluding carboxylic acids is 2. The minimum Gasteiger partial charge on any atom is -0.490 e. The van der Waals surface area contributed by atoms with Crippen molar-refractivity contribution in [2.75, 3.05) is 6.61 Å². The molecule has 1 fully saturated rings. The topological polar surface area (TPSA) is 68.2 Å². The Morgan fingerprint density at radius 1 is 0.780 bits per heavy atom. The highest BCUT2D eigenvalue weighted by molar-refractivity contribution is 14.1. The van der Waals surface area contributed by atoms with Crippen molar-refractivity contribution < 1.29 is 19.1 Å². The zero-order valence-corrected chi connectivity index (χ0v) is 24.5. The van der Waals surface area contributed by atoms with E-state index in [1.54, 1.807) is 6.21 Å². The molecule has 41 heavy (non-hydrogen) atoms. The van der Waals surface area contributed by atoms with Crippen molar-refractivity contribution in [2.24, 2.45) is 16.9 Å². The number of rotatable bonds is 7. The minimum atomic E-state index is -0.456. The first-order valence-electron chi connectivity index (χ1n) is 13.8. The van der Waals surface area contributed by atoms with E-state index in [-0.39, 0.29) is 23.7 Å². The number of carbonyl (C=O) groups is 2. The van der Waals surface area contributed by atoms with Crippen LogP contribution in [0.3, 0.4) is 0 Å². The normalized spacial score (nSPS) is 22.0. The van der Waals surface area contributed by atoms with Gasteiger partial charge in [-0.1, -0.05) is 78.9 Å². The van der Waals surface area contributed by atoms with E-state index in [1.165, 1.54) is 0 Å². The third kappa shape index (κ3) is 4.25. The molecule has 0 aromatic heterocycles. The van der Waals surface area contributed by atoms with Crippen LogP contribution in [0.5, 0.6) is 11.5 Å². The smallest absolute Gasteiger partial charge is 0.254 e. The molecule has 204 valence electrons. The molecule has 2 bridgehead atoms. The van der Waals surface area contributed by atoms with E-state index < -0.39 is 11.8 Å². The first-order chi connectivity index (χ1) is 20.1. The van der Waals surface area contributed by atoms with E-state index in [2.05, 4.69) is 52.0 Å². The standard InChI is InChI=1S/C34H27IN2O4/c1-2-40-27-17-21(16-26(35)32(27)41-19-20-10-4-3-5-11-20)18-36-37-33(38)30-28-22-12-6-7-13-23(22)29(31(30)34(37)39)25-15-9-8-14-24(25)28/h3-18,28-31H,2,19H2,1H3/b36-18-/t28?,29?,30-,31-/m0/s1. The molecule has 1 heterocycles. The lowest BCUT2D eigenvalue weighted by molar-refractivity contribution is -0.139. The number of halogens is 1. The summed E-state index contributed by atoms with van der Waals surface area (Å²) < 4.78 is 12.9. The van der Waals surface area contributed by atoms with Crippen LogP contribution in [-0.2, 0) is 16.2 Å². The lowest BCUT2D eigenvalue weighted by Gasteiger charge is -2.45. The Hall–Kier alpha value is -3.98. The van der Waals surface area contributed by atoms with Gasteiger partial charge in [-0.2, -0.15) is 10.1 Å². The molecule has 4 aliphatic rings. The number of amides is 2. The predicted molar refractivity (Wildman–Crippen MR) is 164 cm³/mol. The summed E-state index contributed by atoms with van der Waals surface area (Å²) in [5.74, 6) is -0.449. The Morgan fingerprint density at radius 2 is 1.32 bits per heavy atom. The summed E-state index contributed by atoms with van der Waals surface area (Å²) in [6.45, 7) is 2.80. The molecule has 0 saturated carbocycles. The number of hydrazone groups is 1. The maximum Gasteiger partial charge on any atom is 0.254 e. The van der Waals surface area contributed by atoms with E-state index in [4.69, 9.17) is 9.47 Å². The summed E-state index contributed by atoms with van der Waals surface area (Å²) in [4.78, 5) is 27.7. The van der Waals surface area contributed by atoms with Crippen LogP contribution in [0.25, 0.3) is 0 Å². The van der Waals surface area contributed by atoms with Crippen molar-refractivity contribution >= 4 is 40.6 Å². The molecule has 1 aliphatic heterocycles. The van der Waals surface area contributed by atoms with Gasteiger partial charge in [0.2, 0.25) is 0 Å². The molecule has 4 aromatic rings. The highest BCUT2D eigenvalue weighted by Crippen LogP contribution is 2.61. The largest absolute Gasteiger partial charge is 0.490 e. The van der Waals surface area contributed by atoms with Gasteiger partial charge in [-0.15, -0.1) is 0 Å². The van der Waals surface area contributed by atoms with E-state index in [9.17, 15) is 9.59 Å². The molecule has 7 heteroatoms. The molecule has 4 aromatic carbocycles. The van der Waals surface area contributed by atoms with Crippen molar-refractivity contribution in [3.8, 4) is 11.5 Å². The second-order valence-electron chi connectivity index (χ2n) is 10.5. The van der Waals surface area contributed by atoms with Crippen LogP contribution >= 0.6 is 22.6 Å². The van der Waals surface area contributed by atoms with Crippen molar-refractivity contribution in [1.82, 2.24) is 5.01 Å². The summed E-state index contributed by atoms with van der Waals surface area (Å²) in [7, 11) is 0. The van der Waals surface area contributed by atoms with Gasteiger partial charge < -0.3 is 9.47 Å². The lowest BCUT2D eigenvalue weighted by Crippen LogP contribution is -2.41. The third-order valence-corrected chi connectivity index (χ3v) is 9.11. The van der Waals surface area contributed by atoms with E-state index in [1.807, 2.05) is 73.7 Å². The zero-order chi connectivity index (χ0) is 28.1. The molecule has 2 atom stereocenters. The number of imide groups is 1. The van der Waals surface area contributed by atoms with Gasteiger partial charge in [-0.3, -0.25) is 9.59 Å². The number of hydrogen-bond donors (Lipinski definition) is 0. The van der Waals surface area contributed by atoms with Crippen molar-refractivity contribution in [3.05, 3.63) is 128 Å². The van der Waals surface area contributed by atoms with Crippen LogP contribution in [0.2, 0.25) is 0 Å². The quantitative estimate of drug-likeness (QED) is 0.130. The molecule has 3 aliphatic carbocycles. The first-order valence-corrected chi connectivity index (χ1v) is 14.9. The van der Waals surface area contributed by atoms with Gasteiger partial charge in [0, 0.05) is 11.8 Å². The predicted octanol–water partition coefficient (Wildman–Crippen LogP) is 6.50. The molecule has 0 radical (unpaired) electrons. The van der Waals surface area contributed by atoms with Gasteiger partial charge >= 0.3 is 0 Å². The fourth-order valence-electron chi connectivity index (χ4n) is 6.70. The van der Waals surface area contributed by atoms with Crippen LogP contribution in [0.4, 0.5) is 0 Å². The first kappa shape index (κ1) is 26.0. The van der Waals surface area contributed by atoms with Crippen LogP contribution in [-0.4, -0.2) is 29.6 Å². The second-order valence-corrected chi connectivity index (χ2v) is 11.7. The summed E-state index contributed by atoms with van der Waals surface area (Å²) in [6, 6.07) is 30.2. The van der Waals surface area contributed by atoms with Crippen molar-refractivity contribution in [2.45, 2.75) is 25.4 Å².